The molecule has 0 heterocycles. The summed E-state index contributed by atoms with van der Waals surface area (Å²) in [5.74, 6) is 5.76. The van der Waals surface area contributed by atoms with Crippen molar-refractivity contribution in [2.75, 3.05) is 6.54 Å². The van der Waals surface area contributed by atoms with Crippen LogP contribution in [0.25, 0.3) is 0 Å². The van der Waals surface area contributed by atoms with Crippen LogP contribution in [0.5, 0.6) is 5.75 Å². The first kappa shape index (κ1) is 12.4. The molecule has 0 saturated heterocycles. The lowest BCUT2D eigenvalue weighted by atomic mass is 10.2. The van der Waals surface area contributed by atoms with E-state index < -0.39 is 0 Å². The number of halogens is 1. The molecule has 1 aromatic rings. The van der Waals surface area contributed by atoms with Crippen molar-refractivity contribution in [3.63, 3.8) is 0 Å². The smallest absolute Gasteiger partial charge is 0.216 e. The molecule has 0 aliphatic heterocycles. The molecule has 1 amide bonds. The molecule has 0 atom stereocenters. The zero-order valence-electron chi connectivity index (χ0n) is 8.88. The van der Waals surface area contributed by atoms with E-state index in [-0.39, 0.29) is 11.7 Å². The molecule has 0 radical (unpaired) electrons. The maximum absolute atomic E-state index is 10.6. The molecule has 0 bridgehead atoms. The summed E-state index contributed by atoms with van der Waals surface area (Å²) in [5, 5.41) is 12.3. The number of carbonyl (C=O) groups is 1. The Bertz CT molecular complexity index is 426. The monoisotopic (exact) mass is 237 g/mol. The quantitative estimate of drug-likeness (QED) is 0.610. The minimum atomic E-state index is -0.0674. The molecular formula is C12H12ClNO2. The molecule has 0 saturated carbocycles. The maximum Gasteiger partial charge on any atom is 0.216 e. The van der Waals surface area contributed by atoms with Crippen LogP contribution >= 0.6 is 11.6 Å². The topological polar surface area (TPSA) is 49.3 Å². The zero-order chi connectivity index (χ0) is 12.0. The van der Waals surface area contributed by atoms with Gasteiger partial charge in [-0.3, -0.25) is 4.79 Å². The van der Waals surface area contributed by atoms with E-state index in [1.807, 2.05) is 0 Å². The normalized spacial score (nSPS) is 9.12. The summed E-state index contributed by atoms with van der Waals surface area (Å²) in [6.45, 7) is 1.98. The number of hydrogen-bond acceptors (Lipinski definition) is 2. The summed E-state index contributed by atoms with van der Waals surface area (Å²) >= 11 is 5.75. The second-order valence-electron chi connectivity index (χ2n) is 3.23. The maximum atomic E-state index is 10.6. The molecule has 16 heavy (non-hydrogen) atoms. The van der Waals surface area contributed by atoms with E-state index in [4.69, 9.17) is 11.6 Å². The van der Waals surface area contributed by atoms with Gasteiger partial charge in [-0.2, -0.15) is 0 Å². The molecule has 0 spiro atoms. The Hall–Kier alpha value is -1.66. The van der Waals surface area contributed by atoms with Crippen LogP contribution in [0.15, 0.2) is 18.2 Å². The molecule has 0 unspecified atom stereocenters. The minimum Gasteiger partial charge on any atom is -0.508 e. The number of amides is 1. The highest BCUT2D eigenvalue weighted by Crippen LogP contribution is 2.18. The molecular weight excluding hydrogens is 226 g/mol. The summed E-state index contributed by atoms with van der Waals surface area (Å²) in [6.07, 6.45) is 0.562. The van der Waals surface area contributed by atoms with Gasteiger partial charge >= 0.3 is 0 Å². The van der Waals surface area contributed by atoms with Crippen molar-refractivity contribution in [2.45, 2.75) is 13.3 Å². The van der Waals surface area contributed by atoms with Crippen molar-refractivity contribution >= 4 is 17.5 Å². The summed E-state index contributed by atoms with van der Waals surface area (Å²) in [5.41, 5.74) is 0.660. The fraction of sp³-hybridized carbons (Fsp3) is 0.250. The van der Waals surface area contributed by atoms with Gasteiger partial charge in [-0.15, -0.1) is 0 Å². The van der Waals surface area contributed by atoms with Gasteiger partial charge in [-0.05, 0) is 18.2 Å². The molecule has 0 aromatic heterocycles. The number of aromatic hydroxyl groups is 1. The largest absolute Gasteiger partial charge is 0.508 e. The lowest BCUT2D eigenvalue weighted by molar-refractivity contribution is -0.118. The van der Waals surface area contributed by atoms with Crippen LogP contribution in [0.3, 0.4) is 0 Å². The second kappa shape index (κ2) is 6.04. The first-order chi connectivity index (χ1) is 7.58. The first-order valence-electron chi connectivity index (χ1n) is 4.81. The van der Waals surface area contributed by atoms with Gasteiger partial charge in [0.1, 0.15) is 5.75 Å². The van der Waals surface area contributed by atoms with E-state index in [1.54, 1.807) is 6.07 Å². The third kappa shape index (κ3) is 4.72. The predicted molar refractivity (Wildman–Crippen MR) is 63.3 cm³/mol. The number of rotatable bonds is 2. The Morgan fingerprint density at radius 1 is 1.50 bits per heavy atom. The van der Waals surface area contributed by atoms with E-state index in [9.17, 15) is 9.90 Å². The van der Waals surface area contributed by atoms with Gasteiger partial charge in [0.2, 0.25) is 5.91 Å². The van der Waals surface area contributed by atoms with Gasteiger partial charge in [0.15, 0.2) is 0 Å². The lowest BCUT2D eigenvalue weighted by Gasteiger charge is -1.96. The molecule has 84 valence electrons. The van der Waals surface area contributed by atoms with E-state index >= 15 is 0 Å². The number of nitrogens with one attached hydrogen (secondary N) is 1. The van der Waals surface area contributed by atoms with Crippen molar-refractivity contribution in [3.05, 3.63) is 28.8 Å². The Kier molecular flexibility index (Phi) is 4.68. The summed E-state index contributed by atoms with van der Waals surface area (Å²) < 4.78 is 0. The lowest BCUT2D eigenvalue weighted by Crippen LogP contribution is -2.20. The van der Waals surface area contributed by atoms with Crippen molar-refractivity contribution in [1.82, 2.24) is 5.32 Å². The second-order valence-corrected chi connectivity index (χ2v) is 3.67. The summed E-state index contributed by atoms with van der Waals surface area (Å²) in [4.78, 5) is 10.6. The number of phenols is 1. The number of benzene rings is 1. The minimum absolute atomic E-state index is 0.0674. The van der Waals surface area contributed by atoms with Crippen LogP contribution in [0.4, 0.5) is 0 Å². The van der Waals surface area contributed by atoms with Gasteiger partial charge in [-0.1, -0.05) is 23.4 Å². The molecule has 0 aliphatic carbocycles. The van der Waals surface area contributed by atoms with Gasteiger partial charge in [0, 0.05) is 30.5 Å². The molecule has 0 aliphatic rings. The molecule has 1 aromatic carbocycles. The average Bonchev–Trinajstić information content (AvgIpc) is 2.15. The highest BCUT2D eigenvalue weighted by molar-refractivity contribution is 6.30. The first-order valence-corrected chi connectivity index (χ1v) is 5.18. The highest BCUT2D eigenvalue weighted by Gasteiger charge is 1.94. The van der Waals surface area contributed by atoms with Gasteiger partial charge in [0.05, 0.1) is 0 Å². The van der Waals surface area contributed by atoms with E-state index in [2.05, 4.69) is 17.2 Å². The Labute approximate surface area is 99.4 Å². The van der Waals surface area contributed by atoms with Crippen LogP contribution in [0, 0.1) is 11.8 Å². The summed E-state index contributed by atoms with van der Waals surface area (Å²) in [7, 11) is 0. The van der Waals surface area contributed by atoms with Crippen LogP contribution < -0.4 is 5.32 Å². The molecule has 1 rings (SSSR count). The molecule has 3 nitrogen and oxygen atoms in total. The average molecular weight is 238 g/mol. The van der Waals surface area contributed by atoms with Crippen LogP contribution in [0.1, 0.15) is 18.9 Å². The molecule has 2 N–H and O–H groups in total. The Balaban J connectivity index is 2.53. The van der Waals surface area contributed by atoms with E-state index in [1.165, 1.54) is 19.1 Å². The van der Waals surface area contributed by atoms with Gasteiger partial charge < -0.3 is 10.4 Å². The van der Waals surface area contributed by atoms with Crippen molar-refractivity contribution in [1.29, 1.82) is 0 Å². The SMILES string of the molecule is CC(=O)NCCC#Cc1cc(O)cc(Cl)c1. The van der Waals surface area contributed by atoms with Gasteiger partial charge in [0.25, 0.3) is 0 Å². The van der Waals surface area contributed by atoms with Crippen LogP contribution in [0.2, 0.25) is 5.02 Å². The number of phenolic OH excluding ortho intramolecular Hbond substituents is 1. The zero-order valence-corrected chi connectivity index (χ0v) is 9.64. The highest BCUT2D eigenvalue weighted by atomic mass is 35.5. The third-order valence-corrected chi connectivity index (χ3v) is 1.96. The van der Waals surface area contributed by atoms with Crippen molar-refractivity contribution < 1.29 is 9.90 Å². The number of carbonyl (C=O) groups excluding carboxylic acids is 1. The number of hydrogen-bond donors (Lipinski definition) is 2. The third-order valence-electron chi connectivity index (χ3n) is 1.74. The standard InChI is InChI=1S/C12H12ClNO2/c1-9(15)14-5-3-2-4-10-6-11(13)8-12(16)7-10/h6-8,16H,3,5H2,1H3,(H,14,15). The Morgan fingerprint density at radius 3 is 2.88 bits per heavy atom. The van der Waals surface area contributed by atoms with Gasteiger partial charge in [-0.25, -0.2) is 0 Å². The van der Waals surface area contributed by atoms with Crippen molar-refractivity contribution in [2.24, 2.45) is 0 Å². The van der Waals surface area contributed by atoms with Crippen LogP contribution in [-0.2, 0) is 4.79 Å². The molecule has 4 heteroatoms. The van der Waals surface area contributed by atoms with Crippen LogP contribution in [-0.4, -0.2) is 17.6 Å². The molecule has 0 fully saturated rings. The fourth-order valence-corrected chi connectivity index (χ4v) is 1.34. The summed E-state index contributed by atoms with van der Waals surface area (Å²) in [6, 6.07) is 4.66. The fourth-order valence-electron chi connectivity index (χ4n) is 1.11. The van der Waals surface area contributed by atoms with Crippen molar-refractivity contribution in [3.8, 4) is 17.6 Å². The van der Waals surface area contributed by atoms with E-state index in [0.717, 1.165) is 0 Å². The predicted octanol–water partition coefficient (Wildman–Crippen LogP) is 1.92. The Morgan fingerprint density at radius 2 is 2.25 bits per heavy atom. The van der Waals surface area contributed by atoms with E-state index in [0.29, 0.717) is 23.6 Å².